The zero-order valence-electron chi connectivity index (χ0n) is 27.3. The molecule has 0 atom stereocenters. The van der Waals surface area contributed by atoms with Gasteiger partial charge in [-0.2, -0.15) is 10.2 Å². The van der Waals surface area contributed by atoms with Crippen LogP contribution in [0.15, 0.2) is 109 Å². The maximum Gasteiger partial charge on any atom is 0.303 e. The van der Waals surface area contributed by atoms with Gasteiger partial charge in [0.15, 0.2) is 0 Å². The predicted octanol–water partition coefficient (Wildman–Crippen LogP) is 8.44. The van der Waals surface area contributed by atoms with Gasteiger partial charge < -0.3 is 19.7 Å². The summed E-state index contributed by atoms with van der Waals surface area (Å²) in [4.78, 5) is 21.7. The predicted molar refractivity (Wildman–Crippen MR) is 193 cm³/mol. The molecule has 0 aliphatic carbocycles. The van der Waals surface area contributed by atoms with Gasteiger partial charge in [0.1, 0.15) is 11.5 Å². The minimum absolute atomic E-state index is 0.0414. The summed E-state index contributed by atoms with van der Waals surface area (Å²) in [6, 6.07) is 33.8. The molecular weight excluding hydrogens is 679 g/mol. The second kappa shape index (κ2) is 16.7. The van der Waals surface area contributed by atoms with Crippen LogP contribution in [0.25, 0.3) is 33.9 Å². The molecule has 2 aromatic heterocycles. The van der Waals surface area contributed by atoms with Crippen molar-refractivity contribution in [2.24, 2.45) is 0 Å². The first-order chi connectivity index (χ1) is 24.1. The van der Waals surface area contributed by atoms with E-state index in [4.69, 9.17) is 42.9 Å². The number of benzene rings is 4. The van der Waals surface area contributed by atoms with Crippen LogP contribution in [0.1, 0.15) is 24.2 Å². The Hall–Kier alpha value is -5.58. The molecule has 50 heavy (non-hydrogen) atoms. The van der Waals surface area contributed by atoms with Crippen LogP contribution in [0, 0.1) is 0 Å². The first-order valence-corrected chi connectivity index (χ1v) is 16.3. The summed E-state index contributed by atoms with van der Waals surface area (Å²) in [6.45, 7) is 0. The zero-order valence-corrected chi connectivity index (χ0v) is 28.8. The van der Waals surface area contributed by atoms with Gasteiger partial charge in [-0.15, -0.1) is 0 Å². The topological polar surface area (TPSA) is 129 Å². The number of rotatable bonds is 12. The standard InChI is InChI=1S/2C19H17ClN2O3/c2*1-25-17-9-7-16(8-10-17)22-18(13-2-4-14(20)5-3-13)12-15(21-22)6-11-19(23)24/h2*2-5,7-10,12H,6,11H2,1H3,(H,23,24). The zero-order chi connectivity index (χ0) is 35.6. The molecule has 0 bridgehead atoms. The summed E-state index contributed by atoms with van der Waals surface area (Å²) in [7, 11) is 3.23. The molecule has 4 aromatic carbocycles. The van der Waals surface area contributed by atoms with Crippen LogP contribution < -0.4 is 9.47 Å². The van der Waals surface area contributed by atoms with Crippen molar-refractivity contribution in [1.82, 2.24) is 19.6 Å². The fraction of sp³-hybridized carbons (Fsp3) is 0.158. The van der Waals surface area contributed by atoms with Crippen molar-refractivity contribution in [3.63, 3.8) is 0 Å². The van der Waals surface area contributed by atoms with E-state index in [1.165, 1.54) is 0 Å². The van der Waals surface area contributed by atoms with E-state index in [2.05, 4.69) is 10.2 Å². The molecule has 0 saturated carbocycles. The quantitative estimate of drug-likeness (QED) is 0.129. The number of carbonyl (C=O) groups is 2. The molecule has 256 valence electrons. The van der Waals surface area contributed by atoms with Crippen molar-refractivity contribution < 1.29 is 29.3 Å². The molecule has 0 amide bonds. The number of nitrogens with zero attached hydrogens (tertiary/aromatic N) is 4. The monoisotopic (exact) mass is 712 g/mol. The summed E-state index contributed by atoms with van der Waals surface area (Å²) in [5, 5.41) is 28.3. The molecule has 0 aliphatic heterocycles. The van der Waals surface area contributed by atoms with E-state index in [-0.39, 0.29) is 12.8 Å². The first-order valence-electron chi connectivity index (χ1n) is 15.6. The highest BCUT2D eigenvalue weighted by molar-refractivity contribution is 6.30. The normalized spacial score (nSPS) is 10.6. The third-order valence-electron chi connectivity index (χ3n) is 7.62. The number of aromatic nitrogens is 4. The van der Waals surface area contributed by atoms with Crippen LogP contribution in [0.2, 0.25) is 10.0 Å². The maximum atomic E-state index is 10.8. The number of methoxy groups -OCH3 is 2. The van der Waals surface area contributed by atoms with E-state index in [1.807, 2.05) is 109 Å². The molecule has 12 heteroatoms. The fourth-order valence-electron chi connectivity index (χ4n) is 5.07. The van der Waals surface area contributed by atoms with Crippen molar-refractivity contribution in [2.75, 3.05) is 14.2 Å². The Morgan fingerprint density at radius 3 is 1.22 bits per heavy atom. The summed E-state index contributed by atoms with van der Waals surface area (Å²) < 4.78 is 14.0. The average molecular weight is 714 g/mol. The third kappa shape index (κ3) is 9.31. The number of aliphatic carboxylic acids is 2. The average Bonchev–Trinajstić information content (AvgIpc) is 3.76. The van der Waals surface area contributed by atoms with Gasteiger partial charge in [0, 0.05) is 34.0 Å². The van der Waals surface area contributed by atoms with Crippen molar-refractivity contribution in [1.29, 1.82) is 0 Å². The van der Waals surface area contributed by atoms with Crippen molar-refractivity contribution in [3.05, 3.63) is 131 Å². The molecule has 0 aliphatic rings. The molecule has 2 N–H and O–H groups in total. The van der Waals surface area contributed by atoms with E-state index in [0.29, 0.717) is 22.9 Å². The van der Waals surface area contributed by atoms with Crippen molar-refractivity contribution in [2.45, 2.75) is 25.7 Å². The molecule has 0 saturated heterocycles. The van der Waals surface area contributed by atoms with E-state index >= 15 is 0 Å². The Bertz CT molecular complexity index is 1890. The summed E-state index contributed by atoms with van der Waals surface area (Å²) in [5.74, 6) is -0.163. The number of hydrogen-bond acceptors (Lipinski definition) is 6. The van der Waals surface area contributed by atoms with Crippen molar-refractivity contribution in [3.8, 4) is 45.4 Å². The molecule has 6 rings (SSSR count). The van der Waals surface area contributed by atoms with Crippen LogP contribution in [-0.4, -0.2) is 55.9 Å². The smallest absolute Gasteiger partial charge is 0.303 e. The lowest BCUT2D eigenvalue weighted by atomic mass is 10.1. The van der Waals surface area contributed by atoms with Crippen LogP contribution >= 0.6 is 23.2 Å². The van der Waals surface area contributed by atoms with Gasteiger partial charge in [0.2, 0.25) is 0 Å². The largest absolute Gasteiger partial charge is 0.497 e. The minimum Gasteiger partial charge on any atom is -0.497 e. The molecule has 0 unspecified atom stereocenters. The molecule has 2 heterocycles. The van der Waals surface area contributed by atoms with Crippen LogP contribution in [0.4, 0.5) is 0 Å². The van der Waals surface area contributed by atoms with E-state index < -0.39 is 11.9 Å². The Morgan fingerprint density at radius 2 is 0.920 bits per heavy atom. The highest BCUT2D eigenvalue weighted by Gasteiger charge is 2.15. The van der Waals surface area contributed by atoms with Gasteiger partial charge in [-0.25, -0.2) is 9.36 Å². The maximum absolute atomic E-state index is 10.8. The van der Waals surface area contributed by atoms with Gasteiger partial charge in [-0.05, 0) is 84.9 Å². The Labute approximate surface area is 299 Å². The lowest BCUT2D eigenvalue weighted by Crippen LogP contribution is -2.01. The van der Waals surface area contributed by atoms with Crippen LogP contribution in [0.3, 0.4) is 0 Å². The molecule has 6 aromatic rings. The molecule has 10 nitrogen and oxygen atoms in total. The van der Waals surface area contributed by atoms with Gasteiger partial charge in [0.05, 0.1) is 61.2 Å². The van der Waals surface area contributed by atoms with E-state index in [1.54, 1.807) is 23.6 Å². The minimum atomic E-state index is -0.841. The summed E-state index contributed by atoms with van der Waals surface area (Å²) in [6.07, 6.45) is 0.831. The van der Waals surface area contributed by atoms with E-state index in [9.17, 15) is 9.59 Å². The number of carboxylic acid groups (broad SMARTS) is 2. The Kier molecular flexibility index (Phi) is 11.9. The number of carboxylic acids is 2. The van der Waals surface area contributed by atoms with Gasteiger partial charge in [-0.1, -0.05) is 47.5 Å². The fourth-order valence-corrected chi connectivity index (χ4v) is 5.32. The number of halogens is 2. The molecule has 0 fully saturated rings. The SMILES string of the molecule is COc1ccc(-n2nc(CCC(=O)O)cc2-c2ccc(Cl)cc2)cc1.COc1ccc(-n2nc(CCC(=O)O)cc2-c2ccc(Cl)cc2)cc1. The van der Waals surface area contributed by atoms with Crippen molar-refractivity contribution >= 4 is 35.1 Å². The second-order valence-electron chi connectivity index (χ2n) is 11.1. The lowest BCUT2D eigenvalue weighted by molar-refractivity contribution is -0.138. The van der Waals surface area contributed by atoms with E-state index in [0.717, 1.165) is 56.8 Å². The molecular formula is C38H34Cl2N4O6. The Morgan fingerprint density at radius 1 is 0.580 bits per heavy atom. The second-order valence-corrected chi connectivity index (χ2v) is 11.9. The van der Waals surface area contributed by atoms with Gasteiger partial charge >= 0.3 is 11.9 Å². The lowest BCUT2D eigenvalue weighted by Gasteiger charge is -2.08. The van der Waals surface area contributed by atoms with Crippen LogP contribution in [0.5, 0.6) is 11.5 Å². The van der Waals surface area contributed by atoms with Crippen LogP contribution in [-0.2, 0) is 22.4 Å². The first kappa shape index (κ1) is 35.7. The molecule has 0 spiro atoms. The highest BCUT2D eigenvalue weighted by Crippen LogP contribution is 2.28. The van der Waals surface area contributed by atoms with Gasteiger partial charge in [-0.3, -0.25) is 9.59 Å². The Balaban J connectivity index is 0.000000194. The number of ether oxygens (including phenoxy) is 2. The summed E-state index contributed by atoms with van der Waals surface area (Å²) in [5.41, 5.74) is 6.85. The van der Waals surface area contributed by atoms with Gasteiger partial charge in [0.25, 0.3) is 0 Å². The third-order valence-corrected chi connectivity index (χ3v) is 8.13. The number of hydrogen-bond donors (Lipinski definition) is 2. The highest BCUT2D eigenvalue weighted by atomic mass is 35.5. The summed E-state index contributed by atoms with van der Waals surface area (Å²) >= 11 is 12.0. The molecule has 0 radical (unpaired) electrons. The number of aryl methyl sites for hydroxylation is 2.